The molecule has 0 saturated carbocycles. The quantitative estimate of drug-likeness (QED) is 0.791. The van der Waals surface area contributed by atoms with Crippen LogP contribution in [-0.2, 0) is 0 Å². The fraction of sp³-hybridized carbons (Fsp3) is 0.200. The monoisotopic (exact) mass is 241 g/mol. The maximum Gasteiger partial charge on any atom is 0.327 e. The molecule has 1 rings (SSSR count). The molecule has 0 saturated heterocycles. The summed E-state index contributed by atoms with van der Waals surface area (Å²) in [5, 5.41) is 5.22. The summed E-state index contributed by atoms with van der Waals surface area (Å²) in [6, 6.07) is 5.51. The number of imide groups is 1. The average molecular weight is 242 g/mol. The molecule has 0 aliphatic heterocycles. The van der Waals surface area contributed by atoms with E-state index in [0.717, 1.165) is 0 Å². The summed E-state index contributed by atoms with van der Waals surface area (Å²) in [5.74, 6) is 0. The molecular formula is C10H12ClN3O2. The number of halogens is 1. The van der Waals surface area contributed by atoms with Gasteiger partial charge in [0.1, 0.15) is 0 Å². The summed E-state index contributed by atoms with van der Waals surface area (Å²) in [5.41, 5.74) is 0.563. The highest BCUT2D eigenvalue weighted by molar-refractivity contribution is 6.30. The molecular weight excluding hydrogens is 230 g/mol. The van der Waals surface area contributed by atoms with Crippen LogP contribution in [0.5, 0.6) is 0 Å². The van der Waals surface area contributed by atoms with Crippen LogP contribution >= 0.6 is 11.6 Å². The Balaban J connectivity index is 2.52. The Bertz CT molecular complexity index is 390. The molecule has 0 atom stereocenters. The summed E-state index contributed by atoms with van der Waals surface area (Å²) >= 11 is 5.68. The topological polar surface area (TPSA) is 61.4 Å². The van der Waals surface area contributed by atoms with Crippen molar-refractivity contribution in [3.8, 4) is 0 Å². The zero-order valence-corrected chi connectivity index (χ0v) is 9.71. The third-order valence-corrected chi connectivity index (χ3v) is 1.98. The lowest BCUT2D eigenvalue weighted by atomic mass is 10.3. The first-order chi connectivity index (χ1) is 7.49. The van der Waals surface area contributed by atoms with Crippen LogP contribution in [-0.4, -0.2) is 31.1 Å². The average Bonchev–Trinajstić information content (AvgIpc) is 2.21. The lowest BCUT2D eigenvalue weighted by Gasteiger charge is -2.11. The number of amides is 4. The van der Waals surface area contributed by atoms with Crippen LogP contribution in [0.25, 0.3) is 0 Å². The van der Waals surface area contributed by atoms with E-state index in [4.69, 9.17) is 11.6 Å². The molecule has 0 radical (unpaired) electrons. The number of urea groups is 2. The Labute approximate surface area is 98.4 Å². The highest BCUT2D eigenvalue weighted by Gasteiger charge is 2.08. The molecule has 0 aliphatic carbocycles. The van der Waals surface area contributed by atoms with E-state index in [1.165, 1.54) is 4.90 Å². The third-order valence-electron chi connectivity index (χ3n) is 1.73. The van der Waals surface area contributed by atoms with Crippen molar-refractivity contribution in [1.29, 1.82) is 0 Å². The molecule has 6 heteroatoms. The van der Waals surface area contributed by atoms with E-state index < -0.39 is 12.1 Å². The highest BCUT2D eigenvalue weighted by atomic mass is 35.5. The normalized spacial score (nSPS) is 9.44. The summed E-state index contributed by atoms with van der Waals surface area (Å²) < 4.78 is 0. The van der Waals surface area contributed by atoms with E-state index in [1.54, 1.807) is 38.4 Å². The Kier molecular flexibility index (Phi) is 4.13. The number of anilines is 1. The van der Waals surface area contributed by atoms with Gasteiger partial charge in [-0.3, -0.25) is 5.32 Å². The number of rotatable bonds is 1. The lowest BCUT2D eigenvalue weighted by Crippen LogP contribution is -2.40. The van der Waals surface area contributed by atoms with Crippen LogP contribution in [0.3, 0.4) is 0 Å². The fourth-order valence-corrected chi connectivity index (χ4v) is 1.03. The van der Waals surface area contributed by atoms with E-state index in [1.807, 2.05) is 0 Å². The number of carbonyl (C=O) groups excluding carboxylic acids is 2. The number of benzene rings is 1. The molecule has 0 aromatic heterocycles. The van der Waals surface area contributed by atoms with Gasteiger partial charge >= 0.3 is 12.1 Å². The van der Waals surface area contributed by atoms with E-state index in [9.17, 15) is 9.59 Å². The fourth-order valence-electron chi connectivity index (χ4n) is 0.904. The van der Waals surface area contributed by atoms with E-state index in [0.29, 0.717) is 10.7 Å². The third kappa shape index (κ3) is 3.78. The summed E-state index contributed by atoms with van der Waals surface area (Å²) in [7, 11) is 3.09. The molecule has 2 N–H and O–H groups in total. The molecule has 0 spiro atoms. The van der Waals surface area contributed by atoms with Gasteiger partial charge in [0.25, 0.3) is 0 Å². The second kappa shape index (κ2) is 5.37. The van der Waals surface area contributed by atoms with E-state index in [-0.39, 0.29) is 0 Å². The van der Waals surface area contributed by atoms with Crippen molar-refractivity contribution in [3.63, 3.8) is 0 Å². The van der Waals surface area contributed by atoms with Crippen molar-refractivity contribution in [2.45, 2.75) is 0 Å². The number of nitrogens with one attached hydrogen (secondary N) is 2. The van der Waals surface area contributed by atoms with Crippen LogP contribution in [0.15, 0.2) is 24.3 Å². The van der Waals surface area contributed by atoms with Gasteiger partial charge in [-0.2, -0.15) is 0 Å². The van der Waals surface area contributed by atoms with Crippen LogP contribution < -0.4 is 10.6 Å². The van der Waals surface area contributed by atoms with Gasteiger partial charge in [-0.1, -0.05) is 11.6 Å². The summed E-state index contributed by atoms with van der Waals surface area (Å²) in [4.78, 5) is 23.7. The van der Waals surface area contributed by atoms with Crippen LogP contribution in [0, 0.1) is 0 Å². The van der Waals surface area contributed by atoms with E-state index >= 15 is 0 Å². The first-order valence-electron chi connectivity index (χ1n) is 4.54. The van der Waals surface area contributed by atoms with Gasteiger partial charge in [0.05, 0.1) is 0 Å². The number of carbonyl (C=O) groups is 2. The van der Waals surface area contributed by atoms with Gasteiger partial charge in [-0.05, 0) is 24.3 Å². The van der Waals surface area contributed by atoms with Crippen molar-refractivity contribution in [2.24, 2.45) is 0 Å². The Morgan fingerprint density at radius 2 is 1.75 bits per heavy atom. The molecule has 0 heterocycles. The lowest BCUT2D eigenvalue weighted by molar-refractivity contribution is 0.214. The predicted molar refractivity (Wildman–Crippen MR) is 62.7 cm³/mol. The van der Waals surface area contributed by atoms with Gasteiger partial charge in [0.2, 0.25) is 0 Å². The maximum absolute atomic E-state index is 11.3. The Morgan fingerprint density at radius 1 is 1.19 bits per heavy atom. The molecule has 1 aromatic carbocycles. The molecule has 4 amide bonds. The van der Waals surface area contributed by atoms with Crippen LogP contribution in [0.4, 0.5) is 15.3 Å². The van der Waals surface area contributed by atoms with Crippen molar-refractivity contribution in [2.75, 3.05) is 19.4 Å². The minimum Gasteiger partial charge on any atom is -0.331 e. The smallest absolute Gasteiger partial charge is 0.327 e. The highest BCUT2D eigenvalue weighted by Crippen LogP contribution is 2.12. The summed E-state index contributed by atoms with van der Waals surface area (Å²) in [6.07, 6.45) is 0. The molecule has 0 aliphatic rings. The standard InChI is InChI=1S/C10H12ClN3O2/c1-14(2)10(16)13-9(15)12-8-5-3-7(11)4-6-8/h3-6H,1-2H3,(H2,12,13,15,16). The zero-order chi connectivity index (χ0) is 12.1. The second-order valence-corrected chi connectivity index (χ2v) is 3.72. The minimum absolute atomic E-state index is 0.480. The van der Waals surface area contributed by atoms with Crippen molar-refractivity contribution >= 4 is 29.4 Å². The molecule has 0 bridgehead atoms. The molecule has 16 heavy (non-hydrogen) atoms. The van der Waals surface area contributed by atoms with Gasteiger partial charge in [0, 0.05) is 24.8 Å². The van der Waals surface area contributed by atoms with E-state index in [2.05, 4.69) is 10.6 Å². The molecule has 0 unspecified atom stereocenters. The molecule has 86 valence electrons. The molecule has 1 aromatic rings. The van der Waals surface area contributed by atoms with Gasteiger partial charge in [-0.15, -0.1) is 0 Å². The maximum atomic E-state index is 11.3. The zero-order valence-electron chi connectivity index (χ0n) is 8.95. The molecule has 5 nitrogen and oxygen atoms in total. The molecule has 0 fully saturated rings. The van der Waals surface area contributed by atoms with Crippen molar-refractivity contribution in [1.82, 2.24) is 10.2 Å². The first-order valence-corrected chi connectivity index (χ1v) is 4.91. The SMILES string of the molecule is CN(C)C(=O)NC(=O)Nc1ccc(Cl)cc1. The van der Waals surface area contributed by atoms with Crippen LogP contribution in [0.1, 0.15) is 0 Å². The predicted octanol–water partition coefficient (Wildman–Crippen LogP) is 2.14. The van der Waals surface area contributed by atoms with Crippen LogP contribution in [0.2, 0.25) is 5.02 Å². The number of nitrogens with zero attached hydrogens (tertiary/aromatic N) is 1. The largest absolute Gasteiger partial charge is 0.331 e. The Morgan fingerprint density at radius 3 is 2.25 bits per heavy atom. The van der Waals surface area contributed by atoms with Crippen molar-refractivity contribution < 1.29 is 9.59 Å². The number of hydrogen-bond acceptors (Lipinski definition) is 2. The number of hydrogen-bond donors (Lipinski definition) is 2. The van der Waals surface area contributed by atoms with Gasteiger partial charge < -0.3 is 10.2 Å². The Hall–Kier alpha value is -1.75. The van der Waals surface area contributed by atoms with Gasteiger partial charge in [-0.25, -0.2) is 9.59 Å². The van der Waals surface area contributed by atoms with Crippen molar-refractivity contribution in [3.05, 3.63) is 29.3 Å². The second-order valence-electron chi connectivity index (χ2n) is 3.29. The van der Waals surface area contributed by atoms with Gasteiger partial charge in [0.15, 0.2) is 0 Å². The summed E-state index contributed by atoms with van der Waals surface area (Å²) in [6.45, 7) is 0. The minimum atomic E-state index is -0.582. The first kappa shape index (κ1) is 12.3.